The van der Waals surface area contributed by atoms with Crippen LogP contribution in [0.15, 0.2) is 16.6 Å². The molecule has 4 N–H and O–H groups in total. The molecule has 7 heteroatoms. The second-order valence-electron chi connectivity index (χ2n) is 3.09. The number of rotatable bonds is 5. The van der Waals surface area contributed by atoms with Gasteiger partial charge >= 0.3 is 0 Å². The summed E-state index contributed by atoms with van der Waals surface area (Å²) in [4.78, 5) is 11.6. The molecular weight excluding hydrogens is 341 g/mol. The average Bonchev–Trinajstić information content (AvgIpc) is 2.70. The zero-order valence-electron chi connectivity index (χ0n) is 8.44. The van der Waals surface area contributed by atoms with Crippen molar-refractivity contribution in [2.24, 2.45) is 10.9 Å². The van der Waals surface area contributed by atoms with Crippen LogP contribution in [-0.2, 0) is 0 Å². The van der Waals surface area contributed by atoms with Crippen LogP contribution in [0.4, 0.5) is 0 Å². The van der Waals surface area contributed by atoms with Crippen LogP contribution >= 0.6 is 33.9 Å². The molecule has 1 amide bonds. The quantitative estimate of drug-likeness (QED) is 0.188. The van der Waals surface area contributed by atoms with Crippen LogP contribution in [0.5, 0.6) is 0 Å². The molecule has 0 aliphatic rings. The lowest BCUT2D eigenvalue weighted by molar-refractivity contribution is 0.0954. The fourth-order valence-electron chi connectivity index (χ4n) is 1.05. The Labute approximate surface area is 111 Å². The molecule has 0 aromatic carbocycles. The molecule has 0 aliphatic carbocycles. The molecule has 0 atom stereocenters. The maximum atomic E-state index is 11.6. The minimum Gasteiger partial charge on any atom is -0.409 e. The molecule has 1 aromatic heterocycles. The van der Waals surface area contributed by atoms with Gasteiger partial charge in [-0.1, -0.05) is 5.16 Å². The zero-order valence-corrected chi connectivity index (χ0v) is 11.4. The summed E-state index contributed by atoms with van der Waals surface area (Å²) in [5, 5.41) is 15.7. The number of thiophene rings is 1. The van der Waals surface area contributed by atoms with E-state index >= 15 is 0 Å². The molecule has 1 heterocycles. The lowest BCUT2D eigenvalue weighted by Gasteiger charge is -2.02. The number of hydrogen-bond acceptors (Lipinski definition) is 4. The van der Waals surface area contributed by atoms with E-state index in [1.807, 2.05) is 11.4 Å². The van der Waals surface area contributed by atoms with Crippen molar-refractivity contribution < 1.29 is 10.0 Å². The lowest BCUT2D eigenvalue weighted by Crippen LogP contribution is -2.25. The Balaban J connectivity index is 2.26. The summed E-state index contributed by atoms with van der Waals surface area (Å²) in [5.74, 6) is 0.0954. The Morgan fingerprint density at radius 2 is 2.44 bits per heavy atom. The Morgan fingerprint density at radius 3 is 3.00 bits per heavy atom. The Kier molecular flexibility index (Phi) is 5.53. The summed E-state index contributed by atoms with van der Waals surface area (Å²) < 4.78 is 1.08. The Morgan fingerprint density at radius 1 is 1.69 bits per heavy atom. The second kappa shape index (κ2) is 6.69. The molecule has 0 aliphatic heterocycles. The molecule has 88 valence electrons. The van der Waals surface area contributed by atoms with Crippen molar-refractivity contribution >= 4 is 45.7 Å². The van der Waals surface area contributed by atoms with Crippen LogP contribution < -0.4 is 11.1 Å². The minimum atomic E-state index is -0.0846. The van der Waals surface area contributed by atoms with E-state index in [9.17, 15) is 4.79 Å². The van der Waals surface area contributed by atoms with Crippen molar-refractivity contribution in [3.05, 3.63) is 19.9 Å². The summed E-state index contributed by atoms with van der Waals surface area (Å²) in [7, 11) is 0. The first-order chi connectivity index (χ1) is 7.63. The predicted molar refractivity (Wildman–Crippen MR) is 72.0 cm³/mol. The van der Waals surface area contributed by atoms with E-state index in [2.05, 4.69) is 33.1 Å². The van der Waals surface area contributed by atoms with Crippen molar-refractivity contribution in [1.29, 1.82) is 0 Å². The monoisotopic (exact) mass is 353 g/mol. The summed E-state index contributed by atoms with van der Waals surface area (Å²) in [6.07, 6.45) is 1.13. The topological polar surface area (TPSA) is 87.7 Å². The molecule has 1 aromatic rings. The van der Waals surface area contributed by atoms with Crippen molar-refractivity contribution in [3.63, 3.8) is 0 Å². The van der Waals surface area contributed by atoms with Crippen molar-refractivity contribution in [1.82, 2.24) is 5.32 Å². The zero-order chi connectivity index (χ0) is 12.0. The van der Waals surface area contributed by atoms with Gasteiger partial charge in [0.2, 0.25) is 0 Å². The highest BCUT2D eigenvalue weighted by Crippen LogP contribution is 2.16. The molecule has 16 heavy (non-hydrogen) atoms. The Hall–Kier alpha value is -0.830. The second-order valence-corrected chi connectivity index (χ2v) is 5.90. The first-order valence-electron chi connectivity index (χ1n) is 4.62. The third-order valence-corrected chi connectivity index (χ3v) is 3.64. The number of amidine groups is 1. The molecule has 0 fully saturated rings. The minimum absolute atomic E-state index is 0.0846. The largest absolute Gasteiger partial charge is 0.409 e. The molecule has 1 rings (SSSR count). The summed E-state index contributed by atoms with van der Waals surface area (Å²) in [6, 6.07) is 1.84. The highest BCUT2D eigenvalue weighted by molar-refractivity contribution is 14.1. The van der Waals surface area contributed by atoms with Gasteiger partial charge in [-0.2, -0.15) is 0 Å². The van der Waals surface area contributed by atoms with Crippen LogP contribution in [0.3, 0.4) is 0 Å². The summed E-state index contributed by atoms with van der Waals surface area (Å²) >= 11 is 3.71. The molecule has 0 saturated heterocycles. The SMILES string of the molecule is NC(CCCNC(=O)c1csc(I)c1)=NO. The number of carbonyl (C=O) groups is 1. The summed E-state index contributed by atoms with van der Waals surface area (Å²) in [6.45, 7) is 0.515. The first-order valence-corrected chi connectivity index (χ1v) is 6.58. The molecule has 0 radical (unpaired) electrons. The first kappa shape index (κ1) is 13.2. The van der Waals surface area contributed by atoms with Gasteiger partial charge in [0, 0.05) is 18.3 Å². The fourth-order valence-corrected chi connectivity index (χ4v) is 2.38. The van der Waals surface area contributed by atoms with Gasteiger partial charge in [0.05, 0.1) is 8.45 Å². The number of halogens is 1. The van der Waals surface area contributed by atoms with Gasteiger partial charge in [-0.3, -0.25) is 4.79 Å². The number of carbonyl (C=O) groups excluding carboxylic acids is 1. The average molecular weight is 353 g/mol. The van der Waals surface area contributed by atoms with Crippen LogP contribution in [0.2, 0.25) is 0 Å². The standard InChI is InChI=1S/C9H12IN3O2S/c10-7-4-6(5-16-7)9(14)12-3-1-2-8(11)13-15/h4-5,15H,1-3H2,(H2,11,13)(H,12,14). The molecular formula is C9H12IN3O2S. The van der Waals surface area contributed by atoms with E-state index < -0.39 is 0 Å². The highest BCUT2D eigenvalue weighted by Gasteiger charge is 2.06. The van der Waals surface area contributed by atoms with Gasteiger partial charge in [-0.05, 0) is 35.1 Å². The summed E-state index contributed by atoms with van der Waals surface area (Å²) in [5.41, 5.74) is 5.97. The third kappa shape index (κ3) is 4.35. The maximum Gasteiger partial charge on any atom is 0.252 e. The molecule has 0 saturated carbocycles. The molecule has 5 nitrogen and oxygen atoms in total. The van der Waals surface area contributed by atoms with Crippen LogP contribution in [0.25, 0.3) is 0 Å². The van der Waals surface area contributed by atoms with E-state index in [0.29, 0.717) is 24.9 Å². The van der Waals surface area contributed by atoms with E-state index in [4.69, 9.17) is 10.9 Å². The van der Waals surface area contributed by atoms with E-state index in [1.54, 1.807) is 0 Å². The van der Waals surface area contributed by atoms with Gasteiger partial charge in [0.1, 0.15) is 5.84 Å². The number of nitrogens with zero attached hydrogens (tertiary/aromatic N) is 1. The maximum absolute atomic E-state index is 11.6. The van der Waals surface area contributed by atoms with Crippen LogP contribution in [-0.4, -0.2) is 23.5 Å². The van der Waals surface area contributed by atoms with Crippen LogP contribution in [0.1, 0.15) is 23.2 Å². The van der Waals surface area contributed by atoms with E-state index in [0.717, 1.165) is 2.88 Å². The number of oxime groups is 1. The fraction of sp³-hybridized carbons (Fsp3) is 0.333. The smallest absolute Gasteiger partial charge is 0.252 e. The third-order valence-electron chi connectivity index (χ3n) is 1.85. The molecule has 0 unspecified atom stereocenters. The van der Waals surface area contributed by atoms with Gasteiger partial charge in [-0.25, -0.2) is 0 Å². The number of amides is 1. The van der Waals surface area contributed by atoms with Gasteiger partial charge in [-0.15, -0.1) is 11.3 Å². The molecule has 0 spiro atoms. The van der Waals surface area contributed by atoms with Gasteiger partial charge in [0.15, 0.2) is 0 Å². The number of nitrogens with two attached hydrogens (primary N) is 1. The van der Waals surface area contributed by atoms with Gasteiger partial charge in [0.25, 0.3) is 5.91 Å². The highest BCUT2D eigenvalue weighted by atomic mass is 127. The van der Waals surface area contributed by atoms with E-state index in [-0.39, 0.29) is 11.7 Å². The molecule has 0 bridgehead atoms. The number of hydrogen-bond donors (Lipinski definition) is 3. The van der Waals surface area contributed by atoms with Crippen LogP contribution in [0, 0.1) is 2.88 Å². The normalized spacial score (nSPS) is 11.4. The van der Waals surface area contributed by atoms with Crippen molar-refractivity contribution in [2.45, 2.75) is 12.8 Å². The van der Waals surface area contributed by atoms with Gasteiger partial charge < -0.3 is 16.3 Å². The lowest BCUT2D eigenvalue weighted by atomic mass is 10.2. The van der Waals surface area contributed by atoms with Crippen molar-refractivity contribution in [3.8, 4) is 0 Å². The Bertz CT molecular complexity index is 392. The van der Waals surface area contributed by atoms with E-state index in [1.165, 1.54) is 11.3 Å². The number of nitrogens with one attached hydrogen (secondary N) is 1. The van der Waals surface area contributed by atoms with Crippen molar-refractivity contribution in [2.75, 3.05) is 6.54 Å². The predicted octanol–water partition coefficient (Wildman–Crippen LogP) is 1.61.